The molecule has 106 valence electrons. The molecule has 0 unspecified atom stereocenters. The summed E-state index contributed by atoms with van der Waals surface area (Å²) in [5.74, 6) is 0.691. The van der Waals surface area contributed by atoms with Gasteiger partial charge in [-0.15, -0.1) is 12.3 Å². The van der Waals surface area contributed by atoms with Gasteiger partial charge in [-0.25, -0.2) is 9.59 Å². The molecule has 0 aliphatic heterocycles. The number of carbonyl (C=O) groups is 3. The Bertz CT molecular complexity index is 362. The van der Waals surface area contributed by atoms with E-state index in [0.717, 1.165) is 0 Å². The number of urea groups is 1. The summed E-state index contributed by atoms with van der Waals surface area (Å²) in [4.78, 5) is 33.2. The zero-order chi connectivity index (χ0) is 14.7. The second-order valence-corrected chi connectivity index (χ2v) is 3.71. The van der Waals surface area contributed by atoms with E-state index in [1.807, 2.05) is 0 Å². The summed E-state index contributed by atoms with van der Waals surface area (Å²) in [6, 6.07) is -1.74. The first kappa shape index (κ1) is 16.8. The van der Waals surface area contributed by atoms with Crippen molar-refractivity contribution >= 4 is 18.0 Å². The zero-order valence-corrected chi connectivity index (χ0v) is 10.8. The average Bonchev–Trinajstić information content (AvgIpc) is 2.38. The van der Waals surface area contributed by atoms with E-state index in [1.165, 1.54) is 7.11 Å². The Morgan fingerprint density at radius 1 is 1.42 bits per heavy atom. The van der Waals surface area contributed by atoms with Gasteiger partial charge in [0.25, 0.3) is 0 Å². The molecular formula is C12H18N2O5. The first-order valence-corrected chi connectivity index (χ1v) is 5.78. The van der Waals surface area contributed by atoms with Crippen molar-refractivity contribution < 1.29 is 24.2 Å². The molecule has 0 fully saturated rings. The quantitative estimate of drug-likeness (QED) is 0.330. The van der Waals surface area contributed by atoms with Gasteiger partial charge < -0.3 is 20.5 Å². The molecule has 0 radical (unpaired) electrons. The van der Waals surface area contributed by atoms with E-state index in [0.29, 0.717) is 19.4 Å². The van der Waals surface area contributed by atoms with Crippen molar-refractivity contribution in [2.45, 2.75) is 31.7 Å². The van der Waals surface area contributed by atoms with E-state index in [9.17, 15) is 14.4 Å². The number of esters is 1. The van der Waals surface area contributed by atoms with Crippen LogP contribution in [0.15, 0.2) is 0 Å². The first-order valence-electron chi connectivity index (χ1n) is 5.78. The van der Waals surface area contributed by atoms with Crippen LogP contribution >= 0.6 is 0 Å². The number of terminal acetylenes is 1. The van der Waals surface area contributed by atoms with Crippen molar-refractivity contribution in [1.82, 2.24) is 10.6 Å². The number of methoxy groups -OCH3 is 1. The summed E-state index contributed by atoms with van der Waals surface area (Å²) in [5.41, 5.74) is 0. The maximum absolute atomic E-state index is 11.4. The zero-order valence-electron chi connectivity index (χ0n) is 10.8. The lowest BCUT2D eigenvalue weighted by Crippen LogP contribution is -2.46. The van der Waals surface area contributed by atoms with Crippen molar-refractivity contribution in [3.63, 3.8) is 0 Å². The van der Waals surface area contributed by atoms with Crippen LogP contribution in [-0.4, -0.2) is 42.8 Å². The molecule has 0 saturated carbocycles. The van der Waals surface area contributed by atoms with E-state index in [1.54, 1.807) is 0 Å². The van der Waals surface area contributed by atoms with Gasteiger partial charge in [0, 0.05) is 19.4 Å². The molecule has 0 aliphatic carbocycles. The minimum Gasteiger partial charge on any atom is -0.480 e. The van der Waals surface area contributed by atoms with Crippen molar-refractivity contribution in [3.8, 4) is 12.3 Å². The van der Waals surface area contributed by atoms with Gasteiger partial charge in [-0.3, -0.25) is 4.79 Å². The number of rotatable bonds is 8. The summed E-state index contributed by atoms with van der Waals surface area (Å²) in [7, 11) is 1.21. The SMILES string of the molecule is C#CCCCNC(=O)N[C@H](CCC(=O)OC)C(=O)O. The van der Waals surface area contributed by atoms with Crippen molar-refractivity contribution in [2.75, 3.05) is 13.7 Å². The van der Waals surface area contributed by atoms with Crippen LogP contribution < -0.4 is 10.6 Å². The van der Waals surface area contributed by atoms with E-state index in [2.05, 4.69) is 21.3 Å². The highest BCUT2D eigenvalue weighted by Gasteiger charge is 2.20. The molecule has 0 aromatic carbocycles. The van der Waals surface area contributed by atoms with Gasteiger partial charge in [0.05, 0.1) is 7.11 Å². The second-order valence-electron chi connectivity index (χ2n) is 3.71. The molecule has 0 spiro atoms. The molecule has 1 atom stereocenters. The van der Waals surface area contributed by atoms with Gasteiger partial charge in [-0.2, -0.15) is 0 Å². The summed E-state index contributed by atoms with van der Waals surface area (Å²) >= 11 is 0. The minimum atomic E-state index is -1.21. The van der Waals surface area contributed by atoms with Crippen LogP contribution in [0.4, 0.5) is 4.79 Å². The van der Waals surface area contributed by atoms with Crippen LogP contribution in [0.2, 0.25) is 0 Å². The van der Waals surface area contributed by atoms with Gasteiger partial charge in [-0.1, -0.05) is 0 Å². The Morgan fingerprint density at radius 2 is 2.11 bits per heavy atom. The monoisotopic (exact) mass is 270 g/mol. The summed E-state index contributed by atoms with van der Waals surface area (Å²) < 4.78 is 4.40. The number of carboxylic acid groups (broad SMARTS) is 1. The standard InChI is InChI=1S/C12H18N2O5/c1-3-4-5-8-13-12(18)14-9(11(16)17)6-7-10(15)19-2/h1,9H,4-8H2,2H3,(H,16,17)(H2,13,14,18)/t9-/m1/s1. The van der Waals surface area contributed by atoms with Crippen LogP contribution in [0.25, 0.3) is 0 Å². The van der Waals surface area contributed by atoms with E-state index in [-0.39, 0.29) is 12.8 Å². The molecule has 0 saturated heterocycles. The number of carboxylic acids is 1. The number of carbonyl (C=O) groups excluding carboxylic acids is 2. The lowest BCUT2D eigenvalue weighted by Gasteiger charge is -2.14. The number of ether oxygens (including phenoxy) is 1. The smallest absolute Gasteiger partial charge is 0.326 e. The topological polar surface area (TPSA) is 105 Å². The van der Waals surface area contributed by atoms with Crippen LogP contribution in [0, 0.1) is 12.3 Å². The summed E-state index contributed by atoms with van der Waals surface area (Å²) in [6.45, 7) is 0.360. The highest BCUT2D eigenvalue weighted by molar-refractivity contribution is 5.83. The Kier molecular flexibility index (Phi) is 8.62. The third kappa shape index (κ3) is 8.49. The Morgan fingerprint density at radius 3 is 2.63 bits per heavy atom. The molecule has 0 aliphatic rings. The fourth-order valence-electron chi connectivity index (χ4n) is 1.22. The predicted molar refractivity (Wildman–Crippen MR) is 67.3 cm³/mol. The third-order valence-corrected chi connectivity index (χ3v) is 2.25. The highest BCUT2D eigenvalue weighted by atomic mass is 16.5. The molecular weight excluding hydrogens is 252 g/mol. The fraction of sp³-hybridized carbons (Fsp3) is 0.583. The van der Waals surface area contributed by atoms with Crippen LogP contribution in [0.3, 0.4) is 0 Å². The molecule has 0 heterocycles. The maximum Gasteiger partial charge on any atom is 0.326 e. The number of unbranched alkanes of at least 4 members (excludes halogenated alkanes) is 1. The van der Waals surface area contributed by atoms with Crippen LogP contribution in [0.1, 0.15) is 25.7 Å². The molecule has 0 bridgehead atoms. The number of aliphatic carboxylic acids is 1. The fourth-order valence-corrected chi connectivity index (χ4v) is 1.22. The van der Waals surface area contributed by atoms with Gasteiger partial charge in [0.2, 0.25) is 0 Å². The number of hydrogen-bond acceptors (Lipinski definition) is 4. The Hall–Kier alpha value is -2.23. The molecule has 2 amide bonds. The number of nitrogens with one attached hydrogen (secondary N) is 2. The third-order valence-electron chi connectivity index (χ3n) is 2.25. The van der Waals surface area contributed by atoms with Gasteiger partial charge >= 0.3 is 18.0 Å². The Balaban J connectivity index is 4.05. The maximum atomic E-state index is 11.4. The lowest BCUT2D eigenvalue weighted by atomic mass is 10.1. The largest absolute Gasteiger partial charge is 0.480 e. The molecule has 7 nitrogen and oxygen atoms in total. The van der Waals surface area contributed by atoms with E-state index < -0.39 is 24.0 Å². The van der Waals surface area contributed by atoms with Crippen molar-refractivity contribution in [3.05, 3.63) is 0 Å². The Labute approximate surface area is 111 Å². The average molecular weight is 270 g/mol. The van der Waals surface area contributed by atoms with E-state index in [4.69, 9.17) is 11.5 Å². The summed E-state index contributed by atoms with van der Waals surface area (Å²) in [5, 5.41) is 13.6. The predicted octanol–water partition coefficient (Wildman–Crippen LogP) is 0.105. The normalized spacial score (nSPS) is 10.9. The lowest BCUT2D eigenvalue weighted by molar-refractivity contribution is -0.142. The second kappa shape index (κ2) is 9.76. The molecule has 19 heavy (non-hydrogen) atoms. The van der Waals surface area contributed by atoms with Crippen LogP contribution in [-0.2, 0) is 14.3 Å². The van der Waals surface area contributed by atoms with E-state index >= 15 is 0 Å². The molecule has 0 aromatic heterocycles. The minimum absolute atomic E-state index is 0.0280. The highest BCUT2D eigenvalue weighted by Crippen LogP contribution is 1.99. The van der Waals surface area contributed by atoms with Crippen molar-refractivity contribution in [2.24, 2.45) is 0 Å². The van der Waals surface area contributed by atoms with Crippen molar-refractivity contribution in [1.29, 1.82) is 0 Å². The van der Waals surface area contributed by atoms with Gasteiger partial charge in [0.15, 0.2) is 0 Å². The van der Waals surface area contributed by atoms with Gasteiger partial charge in [-0.05, 0) is 12.8 Å². The molecule has 0 aromatic rings. The van der Waals surface area contributed by atoms with Crippen LogP contribution in [0.5, 0.6) is 0 Å². The molecule has 3 N–H and O–H groups in total. The number of amides is 2. The number of hydrogen-bond donors (Lipinski definition) is 3. The molecule has 7 heteroatoms. The molecule has 0 rings (SSSR count). The summed E-state index contributed by atoms with van der Waals surface area (Å²) in [6.07, 6.45) is 6.09. The van der Waals surface area contributed by atoms with Gasteiger partial charge in [0.1, 0.15) is 6.04 Å². The first-order chi connectivity index (χ1) is 9.01.